The Morgan fingerprint density at radius 3 is 2.74 bits per heavy atom. The Hall–Kier alpha value is -0.925. The van der Waals surface area contributed by atoms with Crippen molar-refractivity contribution in [2.24, 2.45) is 5.73 Å². The number of hydrogen-bond acceptors (Lipinski definition) is 6. The maximum atomic E-state index is 10.2. The molecule has 8 heteroatoms. The quantitative estimate of drug-likeness (QED) is 0.252. The molecular weight excluding hydrogens is 247 g/mol. The maximum Gasteiger partial charge on any atom is 0.373 e. The molecule has 1 heterocycles. The first-order chi connectivity index (χ1) is 9.06. The molecule has 0 bridgehead atoms. The minimum atomic E-state index is -1.07. The van der Waals surface area contributed by atoms with Gasteiger partial charge in [0.2, 0.25) is 0 Å². The number of nitrogens with zero attached hydrogens (tertiary/aromatic N) is 1. The highest BCUT2D eigenvalue weighted by Gasteiger charge is 2.29. The number of aromatic nitrogens is 2. The molecule has 0 saturated carbocycles. The molecule has 0 amide bonds. The summed E-state index contributed by atoms with van der Waals surface area (Å²) in [7, 11) is -0.758. The van der Waals surface area contributed by atoms with E-state index in [9.17, 15) is 15.2 Å². The zero-order valence-corrected chi connectivity index (χ0v) is 11.2. The highest BCUT2D eigenvalue weighted by atomic mass is 16.3. The van der Waals surface area contributed by atoms with Gasteiger partial charge in [0.25, 0.3) is 0 Å². The van der Waals surface area contributed by atoms with Gasteiger partial charge in [-0.05, 0) is 26.2 Å². The highest BCUT2D eigenvalue weighted by molar-refractivity contribution is 6.45. The van der Waals surface area contributed by atoms with Crippen LogP contribution in [0.1, 0.15) is 31.1 Å². The van der Waals surface area contributed by atoms with Crippen LogP contribution in [0.3, 0.4) is 0 Å². The minimum absolute atomic E-state index is 0.412. The number of H-pyrrole nitrogens is 1. The van der Waals surface area contributed by atoms with Crippen LogP contribution in [0.15, 0.2) is 12.5 Å². The lowest BCUT2D eigenvalue weighted by Gasteiger charge is -2.28. The third kappa shape index (κ3) is 5.29. The Labute approximate surface area is 113 Å². The van der Waals surface area contributed by atoms with E-state index >= 15 is 0 Å². The fourth-order valence-electron chi connectivity index (χ4n) is 2.00. The van der Waals surface area contributed by atoms with E-state index in [-0.39, 0.29) is 0 Å². The van der Waals surface area contributed by atoms with Gasteiger partial charge >= 0.3 is 7.05 Å². The van der Waals surface area contributed by atoms with Gasteiger partial charge in [-0.3, -0.25) is 0 Å². The second-order valence-electron chi connectivity index (χ2n) is 4.68. The van der Waals surface area contributed by atoms with Crippen molar-refractivity contribution in [3.8, 4) is 0 Å². The van der Waals surface area contributed by atoms with Crippen molar-refractivity contribution >= 4 is 7.05 Å². The molecule has 0 radical (unpaired) electrons. The molecule has 3 unspecified atom stereocenters. The monoisotopic (exact) mass is 270 g/mol. The van der Waals surface area contributed by atoms with Gasteiger partial charge in [-0.1, -0.05) is 6.42 Å². The van der Waals surface area contributed by atoms with E-state index in [1.807, 2.05) is 0 Å². The summed E-state index contributed by atoms with van der Waals surface area (Å²) in [5.74, 6) is 0. The highest BCUT2D eigenvalue weighted by Crippen LogP contribution is 2.19. The third-order valence-corrected chi connectivity index (χ3v) is 3.00. The van der Waals surface area contributed by atoms with Gasteiger partial charge in [0.1, 0.15) is 6.10 Å². The van der Waals surface area contributed by atoms with E-state index in [2.05, 4.69) is 15.2 Å². The fraction of sp³-hybridized carbons (Fsp3) is 0.727. The number of aliphatic hydroxyl groups excluding tert-OH is 2. The summed E-state index contributed by atoms with van der Waals surface area (Å²) < 4.78 is 0. The Kier molecular flexibility index (Phi) is 7.04. The zero-order chi connectivity index (χ0) is 14.3. The summed E-state index contributed by atoms with van der Waals surface area (Å²) in [5, 5.41) is 32.5. The predicted octanol–water partition coefficient (Wildman–Crippen LogP) is -0.998. The Balaban J connectivity index is 2.61. The molecular formula is C11H23BN4O3. The van der Waals surface area contributed by atoms with E-state index in [0.29, 0.717) is 18.7 Å². The Bertz CT molecular complexity index is 337. The number of rotatable bonds is 9. The van der Waals surface area contributed by atoms with Crippen molar-refractivity contribution in [2.75, 3.05) is 6.54 Å². The lowest BCUT2D eigenvalue weighted by molar-refractivity contribution is -0.00579. The molecule has 0 aliphatic heterocycles. The molecule has 0 spiro atoms. The molecule has 1 aromatic heterocycles. The first kappa shape index (κ1) is 16.1. The molecule has 0 fully saturated rings. The van der Waals surface area contributed by atoms with Crippen molar-refractivity contribution in [3.05, 3.63) is 18.2 Å². The number of hydrogen-bond donors (Lipinski definition) is 6. The number of aromatic amines is 1. The second kappa shape index (κ2) is 8.29. The third-order valence-electron chi connectivity index (χ3n) is 3.00. The van der Waals surface area contributed by atoms with Crippen LogP contribution in [0.2, 0.25) is 6.82 Å². The Morgan fingerprint density at radius 1 is 1.47 bits per heavy atom. The van der Waals surface area contributed by atoms with E-state index in [1.165, 1.54) is 12.5 Å². The normalized spacial score (nSPS) is 16.1. The van der Waals surface area contributed by atoms with E-state index in [1.54, 1.807) is 6.82 Å². The SMILES string of the molecule is CB(O)NC(CCCCN)C(O)C(O)c1cnc[nH]1. The molecule has 0 aliphatic rings. The van der Waals surface area contributed by atoms with Gasteiger partial charge in [-0.25, -0.2) is 4.98 Å². The lowest BCUT2D eigenvalue weighted by Crippen LogP contribution is -2.49. The van der Waals surface area contributed by atoms with Crippen molar-refractivity contribution in [2.45, 2.75) is 44.3 Å². The predicted molar refractivity (Wildman–Crippen MR) is 73.2 cm³/mol. The smallest absolute Gasteiger partial charge is 0.373 e. The second-order valence-corrected chi connectivity index (χ2v) is 4.68. The van der Waals surface area contributed by atoms with E-state index in [0.717, 1.165) is 12.8 Å². The topological polar surface area (TPSA) is 127 Å². The molecule has 1 rings (SSSR count). The van der Waals surface area contributed by atoms with Crippen LogP contribution in [0.4, 0.5) is 0 Å². The van der Waals surface area contributed by atoms with Gasteiger partial charge in [0.15, 0.2) is 0 Å². The van der Waals surface area contributed by atoms with Crippen LogP contribution < -0.4 is 11.0 Å². The first-order valence-corrected chi connectivity index (χ1v) is 6.54. The van der Waals surface area contributed by atoms with Gasteiger partial charge in [-0.2, -0.15) is 0 Å². The van der Waals surface area contributed by atoms with Gasteiger partial charge < -0.3 is 31.2 Å². The average Bonchev–Trinajstić information content (AvgIpc) is 2.89. The average molecular weight is 270 g/mol. The molecule has 7 N–H and O–H groups in total. The summed E-state index contributed by atoms with van der Waals surface area (Å²) in [6.45, 7) is 2.16. The largest absolute Gasteiger partial charge is 0.437 e. The molecule has 0 aliphatic carbocycles. The molecule has 3 atom stereocenters. The number of unbranched alkanes of at least 4 members (excludes halogenated alkanes) is 1. The maximum absolute atomic E-state index is 10.2. The van der Waals surface area contributed by atoms with Crippen LogP contribution >= 0.6 is 0 Å². The van der Waals surface area contributed by atoms with Gasteiger partial charge in [-0.15, -0.1) is 0 Å². The zero-order valence-electron chi connectivity index (χ0n) is 11.2. The van der Waals surface area contributed by atoms with Crippen LogP contribution in [0.5, 0.6) is 0 Å². The van der Waals surface area contributed by atoms with Crippen molar-refractivity contribution in [1.29, 1.82) is 0 Å². The first-order valence-electron chi connectivity index (χ1n) is 6.54. The summed E-state index contributed by atoms with van der Waals surface area (Å²) in [6.07, 6.45) is 3.07. The minimum Gasteiger partial charge on any atom is -0.437 e. The van der Waals surface area contributed by atoms with Crippen LogP contribution in [-0.2, 0) is 0 Å². The molecule has 19 heavy (non-hydrogen) atoms. The number of imidazole rings is 1. The van der Waals surface area contributed by atoms with Crippen LogP contribution in [0, 0.1) is 0 Å². The Morgan fingerprint density at radius 2 is 2.21 bits per heavy atom. The lowest BCUT2D eigenvalue weighted by atomic mass is 9.84. The fourth-order valence-corrected chi connectivity index (χ4v) is 2.00. The van der Waals surface area contributed by atoms with E-state index in [4.69, 9.17) is 5.73 Å². The standard InChI is InChI=1S/C11H23BN4O3/c1-12(19)16-8(4-2-3-5-13)10(17)11(18)9-6-14-7-15-9/h6-8,10-11,16-19H,2-5,13H2,1H3,(H,14,15). The van der Waals surface area contributed by atoms with Crippen molar-refractivity contribution in [3.63, 3.8) is 0 Å². The summed E-state index contributed by atoms with van der Waals surface area (Å²) >= 11 is 0. The summed E-state index contributed by atoms with van der Waals surface area (Å²) in [4.78, 5) is 6.57. The van der Waals surface area contributed by atoms with Crippen LogP contribution in [-0.4, -0.2) is 50.9 Å². The van der Waals surface area contributed by atoms with Crippen LogP contribution in [0.25, 0.3) is 0 Å². The number of aliphatic hydroxyl groups is 2. The van der Waals surface area contributed by atoms with Crippen molar-refractivity contribution in [1.82, 2.24) is 15.2 Å². The summed E-state index contributed by atoms with van der Waals surface area (Å²) in [5.41, 5.74) is 5.88. The summed E-state index contributed by atoms with van der Waals surface area (Å²) in [6, 6.07) is -0.412. The molecule has 7 nitrogen and oxygen atoms in total. The number of nitrogens with one attached hydrogen (secondary N) is 2. The number of nitrogens with two attached hydrogens (primary N) is 1. The van der Waals surface area contributed by atoms with Crippen molar-refractivity contribution < 1.29 is 15.2 Å². The molecule has 108 valence electrons. The van der Waals surface area contributed by atoms with Gasteiger partial charge in [0.05, 0.1) is 24.3 Å². The molecule has 0 aromatic carbocycles. The van der Waals surface area contributed by atoms with E-state index < -0.39 is 25.3 Å². The molecule has 1 aromatic rings. The van der Waals surface area contributed by atoms with Gasteiger partial charge in [0, 0.05) is 6.04 Å². The molecule has 0 saturated heterocycles.